The summed E-state index contributed by atoms with van der Waals surface area (Å²) in [6.07, 6.45) is 0.914. The summed E-state index contributed by atoms with van der Waals surface area (Å²) in [5.41, 5.74) is 2.50. The van der Waals surface area contributed by atoms with Crippen molar-refractivity contribution in [3.63, 3.8) is 0 Å². The first kappa shape index (κ1) is 18.8. The Bertz CT molecular complexity index is 896. The lowest BCUT2D eigenvalue weighted by Gasteiger charge is -2.08. The molecule has 0 atom stereocenters. The van der Waals surface area contributed by atoms with Gasteiger partial charge < -0.3 is 15.4 Å². The maximum Gasteiger partial charge on any atom is 0.226 e. The third-order valence-electron chi connectivity index (χ3n) is 3.90. The number of ether oxygens (including phenoxy) is 1. The van der Waals surface area contributed by atoms with Gasteiger partial charge in [0.25, 0.3) is 0 Å². The van der Waals surface area contributed by atoms with Crippen LogP contribution in [0.1, 0.15) is 11.3 Å². The number of thiazole rings is 1. The van der Waals surface area contributed by atoms with Gasteiger partial charge >= 0.3 is 0 Å². The van der Waals surface area contributed by atoms with Crippen molar-refractivity contribution in [1.29, 1.82) is 0 Å². The molecule has 140 valence electrons. The van der Waals surface area contributed by atoms with Crippen LogP contribution in [0.5, 0.6) is 5.75 Å². The van der Waals surface area contributed by atoms with Gasteiger partial charge in [0.1, 0.15) is 11.6 Å². The van der Waals surface area contributed by atoms with Crippen LogP contribution < -0.4 is 15.4 Å². The Balaban J connectivity index is 1.47. The number of benzene rings is 2. The maximum atomic E-state index is 12.9. The lowest BCUT2D eigenvalue weighted by molar-refractivity contribution is -0.120. The van der Waals surface area contributed by atoms with Crippen LogP contribution >= 0.6 is 11.3 Å². The molecular formula is C20H20FN3O2S. The Kier molecular flexibility index (Phi) is 6.38. The molecule has 0 saturated carbocycles. The van der Waals surface area contributed by atoms with Crippen LogP contribution in [0.25, 0.3) is 0 Å². The zero-order valence-corrected chi connectivity index (χ0v) is 15.7. The topological polar surface area (TPSA) is 63.2 Å². The van der Waals surface area contributed by atoms with Crippen LogP contribution in [0, 0.1) is 5.82 Å². The number of hydrogen-bond acceptors (Lipinski definition) is 5. The van der Waals surface area contributed by atoms with Crippen LogP contribution in [0.2, 0.25) is 0 Å². The molecule has 27 heavy (non-hydrogen) atoms. The molecule has 0 fully saturated rings. The molecule has 1 amide bonds. The molecular weight excluding hydrogens is 365 g/mol. The van der Waals surface area contributed by atoms with Gasteiger partial charge in [0, 0.05) is 17.6 Å². The second-order valence-electron chi connectivity index (χ2n) is 5.86. The molecule has 0 aliphatic carbocycles. The van der Waals surface area contributed by atoms with Gasteiger partial charge in [-0.2, -0.15) is 0 Å². The predicted molar refractivity (Wildman–Crippen MR) is 105 cm³/mol. The zero-order chi connectivity index (χ0) is 19.1. The Morgan fingerprint density at radius 1 is 1.19 bits per heavy atom. The summed E-state index contributed by atoms with van der Waals surface area (Å²) >= 11 is 1.40. The SMILES string of the molecule is COc1ccccc1CCNC(=O)Cc1csc(Nc2ccc(F)cc2)n1. The number of hydrogen-bond donors (Lipinski definition) is 2. The van der Waals surface area contributed by atoms with Crippen LogP contribution in [-0.2, 0) is 17.6 Å². The second-order valence-corrected chi connectivity index (χ2v) is 6.72. The van der Waals surface area contributed by atoms with E-state index in [9.17, 15) is 9.18 Å². The monoisotopic (exact) mass is 385 g/mol. The molecule has 1 heterocycles. The molecule has 2 aromatic carbocycles. The number of carbonyl (C=O) groups is 1. The summed E-state index contributed by atoms with van der Waals surface area (Å²) in [7, 11) is 1.64. The highest BCUT2D eigenvalue weighted by atomic mass is 32.1. The van der Waals surface area contributed by atoms with Crippen molar-refractivity contribution >= 4 is 28.1 Å². The Hall–Kier alpha value is -2.93. The smallest absolute Gasteiger partial charge is 0.226 e. The number of halogens is 1. The third kappa shape index (κ3) is 5.52. The largest absolute Gasteiger partial charge is 0.496 e. The number of nitrogens with zero attached hydrogens (tertiary/aromatic N) is 1. The Morgan fingerprint density at radius 2 is 1.96 bits per heavy atom. The second kappa shape index (κ2) is 9.14. The molecule has 5 nitrogen and oxygen atoms in total. The van der Waals surface area contributed by atoms with E-state index in [1.807, 2.05) is 29.6 Å². The molecule has 3 aromatic rings. The van der Waals surface area contributed by atoms with Gasteiger partial charge in [-0.15, -0.1) is 11.3 Å². The zero-order valence-electron chi connectivity index (χ0n) is 14.9. The van der Waals surface area contributed by atoms with Crippen LogP contribution in [-0.4, -0.2) is 24.5 Å². The lowest BCUT2D eigenvalue weighted by Crippen LogP contribution is -2.27. The summed E-state index contributed by atoms with van der Waals surface area (Å²) in [6.45, 7) is 0.532. The van der Waals surface area contributed by atoms with Crippen molar-refractivity contribution in [3.8, 4) is 5.75 Å². The summed E-state index contributed by atoms with van der Waals surface area (Å²) in [4.78, 5) is 16.5. The van der Waals surface area contributed by atoms with Gasteiger partial charge in [0.05, 0.1) is 19.2 Å². The highest BCUT2D eigenvalue weighted by Crippen LogP contribution is 2.21. The van der Waals surface area contributed by atoms with Crippen LogP contribution in [0.4, 0.5) is 15.2 Å². The molecule has 3 rings (SSSR count). The van der Waals surface area contributed by atoms with E-state index in [0.717, 1.165) is 17.0 Å². The lowest BCUT2D eigenvalue weighted by atomic mass is 10.1. The Morgan fingerprint density at radius 3 is 2.74 bits per heavy atom. The fraction of sp³-hybridized carbons (Fsp3) is 0.200. The highest BCUT2D eigenvalue weighted by Gasteiger charge is 2.09. The van der Waals surface area contributed by atoms with Gasteiger partial charge in [0.15, 0.2) is 5.13 Å². The number of carbonyl (C=O) groups excluding carboxylic acids is 1. The third-order valence-corrected chi connectivity index (χ3v) is 4.70. The number of para-hydroxylation sites is 1. The van der Waals surface area contributed by atoms with Gasteiger partial charge in [0.2, 0.25) is 5.91 Å². The molecule has 0 unspecified atom stereocenters. The number of amides is 1. The quantitative estimate of drug-likeness (QED) is 0.617. The fourth-order valence-electron chi connectivity index (χ4n) is 2.58. The summed E-state index contributed by atoms with van der Waals surface area (Å²) < 4.78 is 18.2. The standard InChI is InChI=1S/C20H20FN3O2S/c1-26-18-5-3-2-4-14(18)10-11-22-19(25)12-17-13-27-20(24-17)23-16-8-6-15(21)7-9-16/h2-9,13H,10-12H2,1H3,(H,22,25)(H,23,24). The first-order valence-electron chi connectivity index (χ1n) is 8.49. The van der Waals surface area contributed by atoms with Gasteiger partial charge in [-0.25, -0.2) is 9.37 Å². The maximum absolute atomic E-state index is 12.9. The fourth-order valence-corrected chi connectivity index (χ4v) is 3.31. The number of aromatic nitrogens is 1. The van der Waals surface area contributed by atoms with Gasteiger partial charge in [-0.1, -0.05) is 18.2 Å². The van der Waals surface area contributed by atoms with Gasteiger partial charge in [-0.05, 0) is 42.3 Å². The number of methoxy groups -OCH3 is 1. The van der Waals surface area contributed by atoms with E-state index in [1.165, 1.54) is 23.5 Å². The minimum absolute atomic E-state index is 0.0801. The van der Waals surface area contributed by atoms with Crippen LogP contribution in [0.3, 0.4) is 0 Å². The van der Waals surface area contributed by atoms with Crippen molar-refractivity contribution in [3.05, 3.63) is 71.0 Å². The minimum Gasteiger partial charge on any atom is -0.496 e. The molecule has 2 N–H and O–H groups in total. The van der Waals surface area contributed by atoms with E-state index in [0.29, 0.717) is 23.8 Å². The van der Waals surface area contributed by atoms with E-state index in [2.05, 4.69) is 15.6 Å². The van der Waals surface area contributed by atoms with Crippen molar-refractivity contribution in [2.24, 2.45) is 0 Å². The molecule has 7 heteroatoms. The average molecular weight is 385 g/mol. The van der Waals surface area contributed by atoms with E-state index in [4.69, 9.17) is 4.74 Å². The number of anilines is 2. The molecule has 0 aliphatic rings. The molecule has 0 saturated heterocycles. The molecule has 0 bridgehead atoms. The van der Waals surface area contributed by atoms with Crippen molar-refractivity contribution in [2.75, 3.05) is 19.0 Å². The van der Waals surface area contributed by atoms with E-state index in [1.54, 1.807) is 19.2 Å². The van der Waals surface area contributed by atoms with E-state index < -0.39 is 0 Å². The Labute approximate surface area is 161 Å². The average Bonchev–Trinajstić information content (AvgIpc) is 3.10. The summed E-state index contributed by atoms with van der Waals surface area (Å²) in [5, 5.41) is 8.51. The molecule has 1 aromatic heterocycles. The number of nitrogens with one attached hydrogen (secondary N) is 2. The van der Waals surface area contributed by atoms with Crippen molar-refractivity contribution < 1.29 is 13.9 Å². The van der Waals surface area contributed by atoms with Gasteiger partial charge in [-0.3, -0.25) is 4.79 Å². The minimum atomic E-state index is -0.287. The highest BCUT2D eigenvalue weighted by molar-refractivity contribution is 7.13. The molecule has 0 aliphatic heterocycles. The van der Waals surface area contributed by atoms with E-state index >= 15 is 0 Å². The first-order valence-corrected chi connectivity index (χ1v) is 9.37. The van der Waals surface area contributed by atoms with Crippen molar-refractivity contribution in [1.82, 2.24) is 10.3 Å². The number of rotatable bonds is 8. The first-order chi connectivity index (χ1) is 13.1. The molecule has 0 spiro atoms. The van der Waals surface area contributed by atoms with Crippen LogP contribution in [0.15, 0.2) is 53.9 Å². The van der Waals surface area contributed by atoms with Crippen molar-refractivity contribution in [2.45, 2.75) is 12.8 Å². The van der Waals surface area contributed by atoms with E-state index in [-0.39, 0.29) is 18.1 Å². The summed E-state index contributed by atoms with van der Waals surface area (Å²) in [5.74, 6) is 0.455. The predicted octanol–water partition coefficient (Wildman–Crippen LogP) is 3.94. The molecule has 0 radical (unpaired) electrons. The normalized spacial score (nSPS) is 10.4. The summed E-state index contributed by atoms with van der Waals surface area (Å²) in [6, 6.07) is 13.8.